The van der Waals surface area contributed by atoms with Gasteiger partial charge in [-0.25, -0.2) is 9.48 Å². The van der Waals surface area contributed by atoms with Crippen molar-refractivity contribution < 1.29 is 9.59 Å². The summed E-state index contributed by atoms with van der Waals surface area (Å²) in [5.41, 5.74) is 5.01. The molecule has 1 saturated carbocycles. The monoisotopic (exact) mass is 312 g/mol. The van der Waals surface area contributed by atoms with Gasteiger partial charge in [0.25, 0.3) is 0 Å². The Balaban J connectivity index is 2.12. The van der Waals surface area contributed by atoms with E-state index in [0.29, 0.717) is 11.2 Å². The van der Waals surface area contributed by atoms with Gasteiger partial charge in [-0.15, -0.1) is 5.10 Å². The van der Waals surface area contributed by atoms with Crippen molar-refractivity contribution in [2.45, 2.75) is 56.0 Å². The van der Waals surface area contributed by atoms with Gasteiger partial charge in [0.1, 0.15) is 0 Å². The van der Waals surface area contributed by atoms with E-state index < -0.39 is 17.2 Å². The van der Waals surface area contributed by atoms with E-state index in [1.165, 1.54) is 24.6 Å². The second-order valence-corrected chi connectivity index (χ2v) is 6.59. The molecule has 1 aliphatic rings. The smallest absolute Gasteiger partial charge is 0.318 e. The van der Waals surface area contributed by atoms with Crippen LogP contribution in [0.1, 0.15) is 45.6 Å². The number of rotatable bonds is 5. The first-order valence-electron chi connectivity index (χ1n) is 7.04. The summed E-state index contributed by atoms with van der Waals surface area (Å²) in [6.45, 7) is 3.81. The molecule has 2 rings (SSSR count). The zero-order chi connectivity index (χ0) is 15.4. The van der Waals surface area contributed by atoms with Crippen LogP contribution in [-0.2, 0) is 4.79 Å². The number of nitrogens with zero attached hydrogens (tertiary/aromatic N) is 4. The van der Waals surface area contributed by atoms with Gasteiger partial charge >= 0.3 is 6.03 Å². The number of primary amides is 1. The Hall–Kier alpha value is -1.64. The first kappa shape index (κ1) is 15.7. The third-order valence-electron chi connectivity index (χ3n) is 3.48. The first-order valence-corrected chi connectivity index (χ1v) is 7.92. The average Bonchev–Trinajstić information content (AvgIpc) is 3.05. The van der Waals surface area contributed by atoms with Crippen LogP contribution in [0, 0.1) is 5.92 Å². The third-order valence-corrected chi connectivity index (χ3v) is 4.97. The van der Waals surface area contributed by atoms with Crippen LogP contribution in [0.25, 0.3) is 0 Å². The summed E-state index contributed by atoms with van der Waals surface area (Å²) in [6, 6.07) is -0.545. The van der Waals surface area contributed by atoms with Gasteiger partial charge in [0.15, 0.2) is 0 Å². The van der Waals surface area contributed by atoms with Crippen molar-refractivity contribution in [1.82, 2.24) is 25.5 Å². The van der Waals surface area contributed by atoms with Crippen molar-refractivity contribution in [3.63, 3.8) is 0 Å². The Bertz CT molecular complexity index is 512. The summed E-state index contributed by atoms with van der Waals surface area (Å²) in [5, 5.41) is 14.0. The maximum absolute atomic E-state index is 12.0. The number of amides is 3. The highest BCUT2D eigenvalue weighted by Crippen LogP contribution is 2.33. The van der Waals surface area contributed by atoms with E-state index in [2.05, 4.69) is 20.8 Å². The van der Waals surface area contributed by atoms with E-state index in [-0.39, 0.29) is 5.92 Å². The molecule has 1 fully saturated rings. The molecule has 8 nitrogen and oxygen atoms in total. The first-order chi connectivity index (χ1) is 9.99. The highest BCUT2D eigenvalue weighted by molar-refractivity contribution is 8.00. The molecule has 0 aromatic carbocycles. The second-order valence-electron chi connectivity index (χ2n) is 5.48. The van der Waals surface area contributed by atoms with E-state index in [4.69, 9.17) is 5.73 Å². The molecule has 1 unspecified atom stereocenters. The lowest BCUT2D eigenvalue weighted by molar-refractivity contribution is -0.120. The topological polar surface area (TPSA) is 116 Å². The lowest BCUT2D eigenvalue weighted by Gasteiger charge is -2.19. The Kier molecular flexibility index (Phi) is 5.16. The number of nitrogens with two attached hydrogens (primary N) is 1. The van der Waals surface area contributed by atoms with Crippen molar-refractivity contribution >= 4 is 23.7 Å². The summed E-state index contributed by atoms with van der Waals surface area (Å²) < 4.78 is 1.80. The van der Waals surface area contributed by atoms with Crippen LogP contribution < -0.4 is 11.1 Å². The fourth-order valence-electron chi connectivity index (χ4n) is 2.44. The molecule has 0 aliphatic heterocycles. The average molecular weight is 312 g/mol. The summed E-state index contributed by atoms with van der Waals surface area (Å²) in [5.74, 6) is -0.397. The normalized spacial score (nSPS) is 17.1. The van der Waals surface area contributed by atoms with Crippen LogP contribution in [0.4, 0.5) is 4.79 Å². The summed E-state index contributed by atoms with van der Waals surface area (Å²) in [7, 11) is 0. The van der Waals surface area contributed by atoms with Crippen molar-refractivity contribution in [3.05, 3.63) is 0 Å². The van der Waals surface area contributed by atoms with Crippen LogP contribution in [0.3, 0.4) is 0 Å². The number of nitrogens with one attached hydrogen (secondary N) is 1. The van der Waals surface area contributed by atoms with Crippen LogP contribution in [-0.4, -0.2) is 37.4 Å². The lowest BCUT2D eigenvalue weighted by Crippen LogP contribution is -2.42. The molecule has 0 bridgehead atoms. The van der Waals surface area contributed by atoms with Crippen LogP contribution in [0.15, 0.2) is 5.16 Å². The summed E-state index contributed by atoms with van der Waals surface area (Å²) in [4.78, 5) is 22.9. The zero-order valence-corrected chi connectivity index (χ0v) is 13.0. The fraction of sp³-hybridized carbons (Fsp3) is 0.750. The Morgan fingerprint density at radius 1 is 1.38 bits per heavy atom. The molecular weight excluding hydrogens is 292 g/mol. The minimum absolute atomic E-state index is 0.0167. The van der Waals surface area contributed by atoms with Gasteiger partial charge in [-0.05, 0) is 29.2 Å². The van der Waals surface area contributed by atoms with Gasteiger partial charge in [-0.1, -0.05) is 38.5 Å². The minimum atomic E-state index is -0.846. The highest BCUT2D eigenvalue weighted by atomic mass is 32.2. The third kappa shape index (κ3) is 3.93. The molecule has 1 aromatic heterocycles. The predicted molar refractivity (Wildman–Crippen MR) is 77.5 cm³/mol. The van der Waals surface area contributed by atoms with E-state index in [9.17, 15) is 9.59 Å². The molecular formula is C12H20N6O2S. The standard InChI is InChI=1S/C12H20N6O2S/c1-7(2)9(10(19)14-11(13)20)21-12-15-16-17-18(12)8-5-3-4-6-8/h7-9H,3-6H2,1-2H3,(H3,13,14,19,20). The SMILES string of the molecule is CC(C)C(Sc1nnnn1C1CCCC1)C(=O)NC(N)=O. The molecule has 9 heteroatoms. The molecule has 3 N–H and O–H groups in total. The number of hydrogen-bond donors (Lipinski definition) is 2. The summed E-state index contributed by atoms with van der Waals surface area (Å²) in [6.07, 6.45) is 4.45. The van der Waals surface area contributed by atoms with Crippen molar-refractivity contribution in [2.75, 3.05) is 0 Å². The molecule has 21 heavy (non-hydrogen) atoms. The number of urea groups is 1. The van der Waals surface area contributed by atoms with Gasteiger partial charge in [0, 0.05) is 0 Å². The number of carbonyl (C=O) groups excluding carboxylic acids is 2. The van der Waals surface area contributed by atoms with E-state index in [1.54, 1.807) is 4.68 Å². The van der Waals surface area contributed by atoms with Gasteiger partial charge in [-0.3, -0.25) is 10.1 Å². The number of carbonyl (C=O) groups is 2. The van der Waals surface area contributed by atoms with E-state index >= 15 is 0 Å². The molecule has 1 atom stereocenters. The quantitative estimate of drug-likeness (QED) is 0.786. The largest absolute Gasteiger partial charge is 0.351 e. The lowest BCUT2D eigenvalue weighted by atomic mass is 10.1. The zero-order valence-electron chi connectivity index (χ0n) is 12.2. The van der Waals surface area contributed by atoms with Gasteiger partial charge in [-0.2, -0.15) is 0 Å². The molecule has 0 saturated heterocycles. The maximum Gasteiger partial charge on any atom is 0.318 e. The fourth-order valence-corrected chi connectivity index (χ4v) is 3.48. The number of thioether (sulfide) groups is 1. The van der Waals surface area contributed by atoms with Gasteiger partial charge in [0.05, 0.1) is 11.3 Å². The van der Waals surface area contributed by atoms with Gasteiger partial charge in [0.2, 0.25) is 11.1 Å². The molecule has 3 amide bonds. The summed E-state index contributed by atoms with van der Waals surface area (Å²) >= 11 is 1.27. The van der Waals surface area contributed by atoms with E-state index in [0.717, 1.165) is 12.8 Å². The number of imide groups is 1. The number of hydrogen-bond acceptors (Lipinski definition) is 6. The van der Waals surface area contributed by atoms with Crippen molar-refractivity contribution in [2.24, 2.45) is 11.7 Å². The second kappa shape index (κ2) is 6.88. The molecule has 1 aliphatic carbocycles. The van der Waals surface area contributed by atoms with Gasteiger partial charge < -0.3 is 5.73 Å². The molecule has 0 spiro atoms. The molecule has 1 aromatic rings. The highest BCUT2D eigenvalue weighted by Gasteiger charge is 2.29. The van der Waals surface area contributed by atoms with Crippen LogP contribution >= 0.6 is 11.8 Å². The minimum Gasteiger partial charge on any atom is -0.351 e. The molecule has 116 valence electrons. The maximum atomic E-state index is 12.0. The van der Waals surface area contributed by atoms with Crippen LogP contribution in [0.5, 0.6) is 0 Å². The Morgan fingerprint density at radius 2 is 2.05 bits per heavy atom. The molecule has 1 heterocycles. The molecule has 0 radical (unpaired) electrons. The van der Waals surface area contributed by atoms with Crippen LogP contribution in [0.2, 0.25) is 0 Å². The van der Waals surface area contributed by atoms with Crippen molar-refractivity contribution in [1.29, 1.82) is 0 Å². The Labute approximate surface area is 127 Å². The Morgan fingerprint density at radius 3 is 2.62 bits per heavy atom. The van der Waals surface area contributed by atoms with Crippen molar-refractivity contribution in [3.8, 4) is 0 Å². The van der Waals surface area contributed by atoms with E-state index in [1.807, 2.05) is 13.8 Å². The number of tetrazole rings is 1. The number of aromatic nitrogens is 4. The predicted octanol–water partition coefficient (Wildman–Crippen LogP) is 1.10.